The van der Waals surface area contributed by atoms with Crippen LogP contribution in [0.5, 0.6) is 0 Å². The van der Waals surface area contributed by atoms with E-state index in [2.05, 4.69) is 12.1 Å². The van der Waals surface area contributed by atoms with Gasteiger partial charge >= 0.3 is 0 Å². The smallest absolute Gasteiger partial charge is 0.0223 e. The predicted octanol–water partition coefficient (Wildman–Crippen LogP) is 1.85. The lowest BCUT2D eigenvalue weighted by atomic mass is 10.1. The van der Waals surface area contributed by atoms with Crippen LogP contribution in [0.15, 0.2) is 36.5 Å². The lowest BCUT2D eigenvalue weighted by molar-refractivity contribution is 0.486. The lowest BCUT2D eigenvalue weighted by Crippen LogP contribution is -2.18. The highest BCUT2D eigenvalue weighted by Crippen LogP contribution is 2.11. The number of hydrogen-bond donors (Lipinski definition) is 1. The van der Waals surface area contributed by atoms with E-state index in [9.17, 15) is 0 Å². The molecule has 0 aliphatic carbocycles. The summed E-state index contributed by atoms with van der Waals surface area (Å²) in [6.45, 7) is 2.04. The van der Waals surface area contributed by atoms with Gasteiger partial charge in [0.15, 0.2) is 0 Å². The predicted molar refractivity (Wildman–Crippen MR) is 52.0 cm³/mol. The minimum atomic E-state index is 1.17. The van der Waals surface area contributed by atoms with Gasteiger partial charge in [0.05, 0.1) is 0 Å². The van der Waals surface area contributed by atoms with Gasteiger partial charge in [0.25, 0.3) is 0 Å². The fraction of sp³-hybridized carbons (Fsp3) is 0.200. The molecule has 0 aliphatic rings. The quantitative estimate of drug-likeness (QED) is 0.531. The Labute approximate surface area is 73.3 Å². The molecule has 1 rings (SSSR count). The van der Waals surface area contributed by atoms with Gasteiger partial charge in [-0.15, -0.1) is 0 Å². The molecule has 2 heteroatoms. The van der Waals surface area contributed by atoms with Crippen molar-refractivity contribution in [1.82, 2.24) is 5.01 Å². The Bertz CT molecular complexity index is 262. The maximum atomic E-state index is 5.49. The lowest BCUT2D eigenvalue weighted by Gasteiger charge is -2.07. The largest absolute Gasteiger partial charge is 0.321 e. The van der Waals surface area contributed by atoms with Crippen molar-refractivity contribution in [3.05, 3.63) is 42.1 Å². The van der Waals surface area contributed by atoms with Crippen molar-refractivity contribution in [2.75, 3.05) is 7.05 Å². The minimum absolute atomic E-state index is 1.17. The second-order valence-corrected chi connectivity index (χ2v) is 2.84. The first-order valence-electron chi connectivity index (χ1n) is 3.91. The molecule has 0 fully saturated rings. The molecule has 0 atom stereocenters. The second-order valence-electron chi connectivity index (χ2n) is 2.84. The summed E-state index contributed by atoms with van der Waals surface area (Å²) in [4.78, 5) is 0. The van der Waals surface area contributed by atoms with Gasteiger partial charge < -0.3 is 5.01 Å². The van der Waals surface area contributed by atoms with E-state index < -0.39 is 0 Å². The maximum Gasteiger partial charge on any atom is 0.0223 e. The highest BCUT2D eigenvalue weighted by Gasteiger charge is 1.92. The molecule has 1 aromatic rings. The van der Waals surface area contributed by atoms with Crippen molar-refractivity contribution >= 4 is 5.57 Å². The van der Waals surface area contributed by atoms with E-state index in [0.717, 1.165) is 0 Å². The number of rotatable bonds is 2. The molecule has 2 N–H and O–H groups in total. The average molecular weight is 162 g/mol. The highest BCUT2D eigenvalue weighted by atomic mass is 15.4. The molecule has 2 nitrogen and oxygen atoms in total. The molecule has 0 saturated carbocycles. The van der Waals surface area contributed by atoms with E-state index in [0.29, 0.717) is 0 Å². The first-order chi connectivity index (χ1) is 5.70. The number of hydrazine groups is 1. The van der Waals surface area contributed by atoms with Gasteiger partial charge in [-0.1, -0.05) is 30.3 Å². The molecule has 0 saturated heterocycles. The Morgan fingerprint density at radius 2 is 1.92 bits per heavy atom. The Morgan fingerprint density at radius 1 is 1.33 bits per heavy atom. The molecule has 64 valence electrons. The zero-order valence-corrected chi connectivity index (χ0v) is 7.49. The van der Waals surface area contributed by atoms with Crippen LogP contribution in [0.25, 0.3) is 5.57 Å². The number of hydrogen-bond acceptors (Lipinski definition) is 2. The standard InChI is InChI=1S/C10H14N2/c1-9(8-12(2)11)10-6-4-3-5-7-10/h3-8H,11H2,1-2H3. The number of benzene rings is 1. The Hall–Kier alpha value is -1.28. The Balaban J connectivity index is 2.85. The van der Waals surface area contributed by atoms with Crippen LogP contribution >= 0.6 is 0 Å². The van der Waals surface area contributed by atoms with Crippen molar-refractivity contribution in [2.45, 2.75) is 6.92 Å². The first-order valence-corrected chi connectivity index (χ1v) is 3.91. The summed E-state index contributed by atoms with van der Waals surface area (Å²) in [7, 11) is 1.81. The van der Waals surface area contributed by atoms with Crippen LogP contribution in [0, 0.1) is 0 Å². The molecule has 0 bridgehead atoms. The van der Waals surface area contributed by atoms with E-state index >= 15 is 0 Å². The number of nitrogens with zero attached hydrogens (tertiary/aromatic N) is 1. The van der Waals surface area contributed by atoms with Crippen LogP contribution < -0.4 is 5.84 Å². The number of allylic oxidation sites excluding steroid dienone is 1. The molecule has 1 aromatic carbocycles. The van der Waals surface area contributed by atoms with Gasteiger partial charge in [0.1, 0.15) is 0 Å². The zero-order valence-electron chi connectivity index (χ0n) is 7.49. The molecule has 0 unspecified atom stereocenters. The van der Waals surface area contributed by atoms with Crippen LogP contribution in [-0.4, -0.2) is 12.1 Å². The highest BCUT2D eigenvalue weighted by molar-refractivity contribution is 5.62. The maximum absolute atomic E-state index is 5.49. The summed E-state index contributed by atoms with van der Waals surface area (Å²) >= 11 is 0. The Kier molecular flexibility index (Phi) is 2.88. The van der Waals surface area contributed by atoms with Crippen LogP contribution in [0.1, 0.15) is 12.5 Å². The third-order valence-corrected chi connectivity index (χ3v) is 1.63. The van der Waals surface area contributed by atoms with E-state index in [1.807, 2.05) is 38.4 Å². The topological polar surface area (TPSA) is 29.3 Å². The Morgan fingerprint density at radius 3 is 2.42 bits per heavy atom. The molecule has 0 aliphatic heterocycles. The fourth-order valence-electron chi connectivity index (χ4n) is 1.08. The summed E-state index contributed by atoms with van der Waals surface area (Å²) in [5, 5.41) is 1.56. The van der Waals surface area contributed by atoms with Gasteiger partial charge in [0, 0.05) is 13.2 Å². The van der Waals surface area contributed by atoms with Crippen LogP contribution in [0.4, 0.5) is 0 Å². The molecular weight excluding hydrogens is 148 g/mol. The van der Waals surface area contributed by atoms with Crippen LogP contribution in [0.2, 0.25) is 0 Å². The van der Waals surface area contributed by atoms with Crippen molar-refractivity contribution in [1.29, 1.82) is 0 Å². The van der Waals surface area contributed by atoms with Crippen molar-refractivity contribution < 1.29 is 0 Å². The minimum Gasteiger partial charge on any atom is -0.321 e. The molecule has 0 amide bonds. The van der Waals surface area contributed by atoms with Gasteiger partial charge in [-0.2, -0.15) is 0 Å². The van der Waals surface area contributed by atoms with E-state index in [-0.39, 0.29) is 0 Å². The second kappa shape index (κ2) is 3.93. The van der Waals surface area contributed by atoms with Gasteiger partial charge in [-0.25, -0.2) is 5.84 Å². The molecular formula is C10H14N2. The SMILES string of the molecule is CC(=CN(C)N)c1ccccc1. The van der Waals surface area contributed by atoms with E-state index in [1.165, 1.54) is 11.1 Å². The summed E-state index contributed by atoms with van der Waals surface area (Å²) in [5.74, 6) is 5.49. The van der Waals surface area contributed by atoms with Crippen LogP contribution in [-0.2, 0) is 0 Å². The summed E-state index contributed by atoms with van der Waals surface area (Å²) in [5.41, 5.74) is 2.37. The van der Waals surface area contributed by atoms with Crippen molar-refractivity contribution in [3.63, 3.8) is 0 Å². The fourth-order valence-corrected chi connectivity index (χ4v) is 1.08. The third kappa shape index (κ3) is 2.40. The molecule has 0 aromatic heterocycles. The van der Waals surface area contributed by atoms with Crippen LogP contribution in [0.3, 0.4) is 0 Å². The van der Waals surface area contributed by atoms with Gasteiger partial charge in [0.2, 0.25) is 0 Å². The monoisotopic (exact) mass is 162 g/mol. The third-order valence-electron chi connectivity index (χ3n) is 1.63. The summed E-state index contributed by atoms with van der Waals surface area (Å²) < 4.78 is 0. The molecule has 0 heterocycles. The molecule has 12 heavy (non-hydrogen) atoms. The van der Waals surface area contributed by atoms with Crippen molar-refractivity contribution in [2.24, 2.45) is 5.84 Å². The normalized spacial score (nSPS) is 11.4. The van der Waals surface area contributed by atoms with Gasteiger partial charge in [-0.05, 0) is 18.1 Å². The molecule has 0 spiro atoms. The van der Waals surface area contributed by atoms with Crippen molar-refractivity contribution in [3.8, 4) is 0 Å². The number of nitrogens with two attached hydrogens (primary N) is 1. The average Bonchev–Trinajstić information content (AvgIpc) is 2.05. The zero-order chi connectivity index (χ0) is 8.97. The molecule has 0 radical (unpaired) electrons. The summed E-state index contributed by atoms with van der Waals surface area (Å²) in [6.07, 6.45) is 1.90. The van der Waals surface area contributed by atoms with E-state index in [1.54, 1.807) is 5.01 Å². The van der Waals surface area contributed by atoms with Gasteiger partial charge in [-0.3, -0.25) is 0 Å². The van der Waals surface area contributed by atoms with E-state index in [4.69, 9.17) is 5.84 Å². The first kappa shape index (κ1) is 8.81. The summed E-state index contributed by atoms with van der Waals surface area (Å²) in [6, 6.07) is 10.2.